The zero-order valence-corrected chi connectivity index (χ0v) is 13.7. The van der Waals surface area contributed by atoms with E-state index in [2.05, 4.69) is 4.98 Å². The number of furan rings is 1. The van der Waals surface area contributed by atoms with Crippen LogP contribution in [0.15, 0.2) is 58.2 Å². The van der Waals surface area contributed by atoms with Crippen LogP contribution in [0.25, 0.3) is 10.9 Å². The standard InChI is InChI=1S/C18H19N3O3/c1-13(16-8-5-11-24-16)20(2)17(22)9-10-21-12-19-15-7-4-3-6-14(15)18(21)23/h3-8,11-13H,9-10H2,1-2H3. The molecule has 3 aromatic rings. The number of fused-ring (bicyclic) bond motifs is 1. The molecule has 124 valence electrons. The number of amides is 1. The molecule has 0 aliphatic carbocycles. The van der Waals surface area contributed by atoms with Crippen molar-refractivity contribution in [2.45, 2.75) is 25.9 Å². The van der Waals surface area contributed by atoms with Crippen LogP contribution in [0.2, 0.25) is 0 Å². The van der Waals surface area contributed by atoms with Crippen LogP contribution in [-0.2, 0) is 11.3 Å². The Labute approximate surface area is 139 Å². The molecule has 0 aliphatic heterocycles. The molecule has 24 heavy (non-hydrogen) atoms. The molecule has 0 N–H and O–H groups in total. The predicted octanol–water partition coefficient (Wildman–Crippen LogP) is 2.60. The van der Waals surface area contributed by atoms with E-state index in [4.69, 9.17) is 4.42 Å². The van der Waals surface area contributed by atoms with Gasteiger partial charge >= 0.3 is 0 Å². The lowest BCUT2D eigenvalue weighted by atomic mass is 10.2. The summed E-state index contributed by atoms with van der Waals surface area (Å²) in [5.74, 6) is 0.675. The number of carbonyl (C=O) groups excluding carboxylic acids is 1. The minimum absolute atomic E-state index is 0.0565. The molecule has 0 fully saturated rings. The highest BCUT2D eigenvalue weighted by Gasteiger charge is 2.19. The second-order valence-corrected chi connectivity index (χ2v) is 5.71. The maximum Gasteiger partial charge on any atom is 0.261 e. The number of aromatic nitrogens is 2. The molecule has 0 saturated carbocycles. The topological polar surface area (TPSA) is 68.3 Å². The monoisotopic (exact) mass is 325 g/mol. The number of hydrogen-bond donors (Lipinski definition) is 0. The first-order valence-corrected chi connectivity index (χ1v) is 7.81. The van der Waals surface area contributed by atoms with Gasteiger partial charge < -0.3 is 9.32 Å². The van der Waals surface area contributed by atoms with Crippen molar-refractivity contribution in [3.05, 3.63) is 65.1 Å². The van der Waals surface area contributed by atoms with Gasteiger partial charge in [-0.3, -0.25) is 14.2 Å². The van der Waals surface area contributed by atoms with E-state index in [-0.39, 0.29) is 23.9 Å². The molecule has 6 heteroatoms. The molecule has 2 aromatic heterocycles. The van der Waals surface area contributed by atoms with Gasteiger partial charge in [-0.15, -0.1) is 0 Å². The normalized spacial score (nSPS) is 12.2. The Hall–Kier alpha value is -2.89. The summed E-state index contributed by atoms with van der Waals surface area (Å²) in [4.78, 5) is 30.7. The SMILES string of the molecule is CC(c1ccco1)N(C)C(=O)CCn1cnc2ccccc2c1=O. The van der Waals surface area contributed by atoms with Gasteiger partial charge in [-0.1, -0.05) is 12.1 Å². The molecule has 0 aliphatic rings. The van der Waals surface area contributed by atoms with Crippen LogP contribution in [0.1, 0.15) is 25.1 Å². The van der Waals surface area contributed by atoms with Crippen molar-refractivity contribution < 1.29 is 9.21 Å². The van der Waals surface area contributed by atoms with Crippen molar-refractivity contribution in [2.24, 2.45) is 0 Å². The van der Waals surface area contributed by atoms with E-state index in [1.165, 1.54) is 10.9 Å². The van der Waals surface area contributed by atoms with Crippen molar-refractivity contribution in [3.8, 4) is 0 Å². The number of para-hydroxylation sites is 1. The average Bonchev–Trinajstić information content (AvgIpc) is 3.14. The molecule has 2 heterocycles. The fraction of sp³-hybridized carbons (Fsp3) is 0.278. The summed E-state index contributed by atoms with van der Waals surface area (Å²) < 4.78 is 6.82. The first-order valence-electron chi connectivity index (χ1n) is 7.81. The largest absolute Gasteiger partial charge is 0.467 e. The number of benzene rings is 1. The Morgan fingerprint density at radius 3 is 2.83 bits per heavy atom. The highest BCUT2D eigenvalue weighted by molar-refractivity contribution is 5.77. The first-order chi connectivity index (χ1) is 11.6. The fourth-order valence-corrected chi connectivity index (χ4v) is 2.59. The summed E-state index contributed by atoms with van der Waals surface area (Å²) in [6, 6.07) is 10.7. The number of carbonyl (C=O) groups is 1. The van der Waals surface area contributed by atoms with Crippen LogP contribution in [0.3, 0.4) is 0 Å². The van der Waals surface area contributed by atoms with Gasteiger partial charge in [0, 0.05) is 20.0 Å². The number of aryl methyl sites for hydroxylation is 1. The third-order valence-corrected chi connectivity index (χ3v) is 4.23. The lowest BCUT2D eigenvalue weighted by Gasteiger charge is -2.23. The van der Waals surface area contributed by atoms with Gasteiger partial charge in [0.15, 0.2) is 0 Å². The van der Waals surface area contributed by atoms with E-state index in [9.17, 15) is 9.59 Å². The number of nitrogens with zero attached hydrogens (tertiary/aromatic N) is 3. The second kappa shape index (κ2) is 6.70. The Bertz CT molecular complexity index is 899. The van der Waals surface area contributed by atoms with Gasteiger partial charge in [0.05, 0.1) is 29.5 Å². The maximum absolute atomic E-state index is 12.4. The fourth-order valence-electron chi connectivity index (χ4n) is 2.59. The van der Waals surface area contributed by atoms with Crippen LogP contribution in [0.4, 0.5) is 0 Å². The molecular formula is C18H19N3O3. The molecule has 1 atom stereocenters. The molecule has 1 amide bonds. The quantitative estimate of drug-likeness (QED) is 0.723. The Balaban J connectivity index is 1.70. The van der Waals surface area contributed by atoms with Crippen molar-refractivity contribution in [1.82, 2.24) is 14.5 Å². The Morgan fingerprint density at radius 1 is 1.29 bits per heavy atom. The van der Waals surface area contributed by atoms with Gasteiger partial charge in [0.2, 0.25) is 5.91 Å². The summed E-state index contributed by atoms with van der Waals surface area (Å²) in [7, 11) is 1.73. The van der Waals surface area contributed by atoms with E-state index >= 15 is 0 Å². The Morgan fingerprint density at radius 2 is 2.08 bits per heavy atom. The molecule has 0 saturated heterocycles. The zero-order valence-electron chi connectivity index (χ0n) is 13.7. The van der Waals surface area contributed by atoms with E-state index in [0.717, 1.165) is 5.76 Å². The highest BCUT2D eigenvalue weighted by atomic mass is 16.3. The average molecular weight is 325 g/mol. The summed E-state index contributed by atoms with van der Waals surface area (Å²) in [6.07, 6.45) is 3.31. The van der Waals surface area contributed by atoms with Crippen LogP contribution in [-0.4, -0.2) is 27.4 Å². The molecule has 0 radical (unpaired) electrons. The molecule has 1 unspecified atom stereocenters. The van der Waals surface area contributed by atoms with E-state index in [1.54, 1.807) is 42.5 Å². The summed E-state index contributed by atoms with van der Waals surface area (Å²) in [5.41, 5.74) is 0.531. The third-order valence-electron chi connectivity index (χ3n) is 4.23. The molecule has 0 bridgehead atoms. The van der Waals surface area contributed by atoms with E-state index < -0.39 is 0 Å². The first kappa shape index (κ1) is 16.0. The minimum Gasteiger partial charge on any atom is -0.467 e. The van der Waals surface area contributed by atoms with Crippen LogP contribution < -0.4 is 5.56 Å². The van der Waals surface area contributed by atoms with Crippen molar-refractivity contribution in [1.29, 1.82) is 0 Å². The van der Waals surface area contributed by atoms with Crippen LogP contribution in [0.5, 0.6) is 0 Å². The predicted molar refractivity (Wildman–Crippen MR) is 90.5 cm³/mol. The van der Waals surface area contributed by atoms with Crippen molar-refractivity contribution >= 4 is 16.8 Å². The zero-order chi connectivity index (χ0) is 17.1. The number of hydrogen-bond acceptors (Lipinski definition) is 4. The molecule has 3 rings (SSSR count). The van der Waals surface area contributed by atoms with E-state index in [1.807, 2.05) is 19.1 Å². The summed E-state index contributed by atoms with van der Waals surface area (Å²) in [5, 5.41) is 0.560. The lowest BCUT2D eigenvalue weighted by Crippen LogP contribution is -2.31. The third kappa shape index (κ3) is 3.08. The molecule has 6 nitrogen and oxygen atoms in total. The lowest BCUT2D eigenvalue weighted by molar-refractivity contribution is -0.132. The van der Waals surface area contributed by atoms with E-state index in [0.29, 0.717) is 17.4 Å². The maximum atomic E-state index is 12.4. The molecule has 0 spiro atoms. The smallest absolute Gasteiger partial charge is 0.261 e. The highest BCUT2D eigenvalue weighted by Crippen LogP contribution is 2.19. The van der Waals surface area contributed by atoms with Crippen molar-refractivity contribution in [3.63, 3.8) is 0 Å². The molecular weight excluding hydrogens is 306 g/mol. The summed E-state index contributed by atoms with van der Waals surface area (Å²) in [6.45, 7) is 2.20. The van der Waals surface area contributed by atoms with Gasteiger partial charge in [-0.2, -0.15) is 0 Å². The summed E-state index contributed by atoms with van der Waals surface area (Å²) >= 11 is 0. The van der Waals surface area contributed by atoms with Gasteiger partial charge in [-0.25, -0.2) is 4.98 Å². The Kier molecular flexibility index (Phi) is 4.46. The van der Waals surface area contributed by atoms with Gasteiger partial charge in [-0.05, 0) is 31.2 Å². The molecule has 1 aromatic carbocycles. The van der Waals surface area contributed by atoms with Crippen molar-refractivity contribution in [2.75, 3.05) is 7.05 Å². The number of rotatable bonds is 5. The van der Waals surface area contributed by atoms with Gasteiger partial charge in [0.25, 0.3) is 5.56 Å². The van der Waals surface area contributed by atoms with Crippen LogP contribution >= 0.6 is 0 Å². The van der Waals surface area contributed by atoms with Crippen LogP contribution in [0, 0.1) is 0 Å². The minimum atomic E-state index is -0.154. The van der Waals surface area contributed by atoms with Gasteiger partial charge in [0.1, 0.15) is 5.76 Å². The second-order valence-electron chi connectivity index (χ2n) is 5.71.